The fraction of sp³-hybridized carbons (Fsp3) is 0.238. The van der Waals surface area contributed by atoms with Crippen LogP contribution >= 0.6 is 0 Å². The summed E-state index contributed by atoms with van der Waals surface area (Å²) >= 11 is 0. The molecule has 2 aromatic rings. The molecular weight excluding hydrogens is 392 g/mol. The minimum absolute atomic E-state index is 0.000492. The number of rotatable bonds is 8. The summed E-state index contributed by atoms with van der Waals surface area (Å²) in [6, 6.07) is 12.6. The molecule has 29 heavy (non-hydrogen) atoms. The highest BCUT2D eigenvalue weighted by Crippen LogP contribution is 2.14. The first-order valence-electron chi connectivity index (χ1n) is 8.90. The maximum Gasteiger partial charge on any atom is 0.338 e. The number of anilines is 1. The third kappa shape index (κ3) is 6.17. The van der Waals surface area contributed by atoms with Crippen LogP contribution in [0.25, 0.3) is 0 Å². The number of aryl methyl sites for hydroxylation is 1. The number of carbonyl (C=O) groups is 2. The molecule has 0 fully saturated rings. The normalized spacial score (nSPS) is 11.9. The number of benzene rings is 2. The topological polar surface area (TPSA) is 102 Å². The Hall–Kier alpha value is -3.15. The number of amides is 1. The second-order valence-corrected chi connectivity index (χ2v) is 7.91. The summed E-state index contributed by atoms with van der Waals surface area (Å²) in [6.07, 6.45) is 4.86. The second-order valence-electron chi connectivity index (χ2n) is 6.14. The maximum absolute atomic E-state index is 12.3. The third-order valence-corrected chi connectivity index (χ3v) is 5.43. The van der Waals surface area contributed by atoms with Crippen molar-refractivity contribution in [2.24, 2.45) is 0 Å². The van der Waals surface area contributed by atoms with Crippen LogP contribution in [0.3, 0.4) is 0 Å². The van der Waals surface area contributed by atoms with E-state index in [9.17, 15) is 18.0 Å². The molecule has 2 N–H and O–H groups in total. The van der Waals surface area contributed by atoms with Gasteiger partial charge in [0, 0.05) is 5.69 Å². The lowest BCUT2D eigenvalue weighted by Gasteiger charge is -2.14. The first-order chi connectivity index (χ1) is 13.8. The van der Waals surface area contributed by atoms with Gasteiger partial charge in [-0.3, -0.25) is 4.79 Å². The minimum Gasteiger partial charge on any atom is -0.449 e. The van der Waals surface area contributed by atoms with Gasteiger partial charge in [-0.15, -0.1) is 6.42 Å². The smallest absolute Gasteiger partial charge is 0.338 e. The molecule has 1 atom stereocenters. The number of carbonyl (C=O) groups excluding carboxylic acids is 2. The molecule has 152 valence electrons. The van der Waals surface area contributed by atoms with Gasteiger partial charge >= 0.3 is 5.97 Å². The molecule has 0 spiro atoms. The molecule has 2 aromatic carbocycles. The van der Waals surface area contributed by atoms with E-state index in [-0.39, 0.29) is 17.0 Å². The highest BCUT2D eigenvalue weighted by molar-refractivity contribution is 7.89. The van der Waals surface area contributed by atoms with Gasteiger partial charge in [0.15, 0.2) is 6.10 Å². The van der Waals surface area contributed by atoms with E-state index in [0.717, 1.165) is 18.1 Å². The van der Waals surface area contributed by atoms with Gasteiger partial charge in [0.05, 0.1) is 17.0 Å². The molecule has 2 rings (SSSR count). The first kappa shape index (κ1) is 22.1. The number of nitrogens with one attached hydrogen (secondary N) is 2. The minimum atomic E-state index is -3.85. The van der Waals surface area contributed by atoms with Crippen molar-refractivity contribution in [2.45, 2.75) is 31.3 Å². The highest BCUT2D eigenvalue weighted by Gasteiger charge is 2.21. The fourth-order valence-electron chi connectivity index (χ4n) is 2.36. The Morgan fingerprint density at radius 1 is 1.17 bits per heavy atom. The second kappa shape index (κ2) is 9.87. The lowest BCUT2D eigenvalue weighted by atomic mass is 10.1. The molecule has 0 radical (unpaired) electrons. The van der Waals surface area contributed by atoms with Crippen molar-refractivity contribution in [3.05, 3.63) is 59.7 Å². The predicted molar refractivity (Wildman–Crippen MR) is 110 cm³/mol. The van der Waals surface area contributed by atoms with Crippen molar-refractivity contribution in [3.8, 4) is 12.3 Å². The number of hydrogen-bond donors (Lipinski definition) is 2. The first-order valence-corrected chi connectivity index (χ1v) is 10.4. The lowest BCUT2D eigenvalue weighted by molar-refractivity contribution is -0.123. The number of ether oxygens (including phenoxy) is 1. The van der Waals surface area contributed by atoms with Crippen molar-refractivity contribution in [1.82, 2.24) is 4.72 Å². The summed E-state index contributed by atoms with van der Waals surface area (Å²) in [4.78, 5) is 24.5. The van der Waals surface area contributed by atoms with Gasteiger partial charge in [0.2, 0.25) is 10.0 Å². The van der Waals surface area contributed by atoms with Gasteiger partial charge < -0.3 is 10.1 Å². The standard InChI is InChI=1S/C21H22N2O5S/c1-4-13-22-29(26,27)19-8-6-7-17(14-19)21(25)28-15(3)20(24)23-18-11-9-16(5-2)10-12-18/h1,6-12,14-15,22H,5,13H2,2-3H3,(H,23,24). The maximum atomic E-state index is 12.3. The zero-order valence-electron chi connectivity index (χ0n) is 16.1. The Labute approximate surface area is 170 Å². The summed E-state index contributed by atoms with van der Waals surface area (Å²) in [7, 11) is -3.85. The van der Waals surface area contributed by atoms with E-state index < -0.39 is 28.0 Å². The van der Waals surface area contributed by atoms with Gasteiger partial charge in [-0.25, -0.2) is 13.2 Å². The molecule has 8 heteroatoms. The molecule has 0 heterocycles. The Bertz CT molecular complexity index is 1020. The van der Waals surface area contributed by atoms with Gasteiger partial charge in [-0.2, -0.15) is 4.72 Å². The predicted octanol–water partition coefficient (Wildman–Crippen LogP) is 2.34. The van der Waals surface area contributed by atoms with Crippen LogP contribution in [0.4, 0.5) is 5.69 Å². The summed E-state index contributed by atoms with van der Waals surface area (Å²) in [5.41, 5.74) is 1.72. The monoisotopic (exact) mass is 414 g/mol. The van der Waals surface area contributed by atoms with Crippen LogP contribution < -0.4 is 10.0 Å². The van der Waals surface area contributed by atoms with Crippen molar-refractivity contribution in [2.75, 3.05) is 11.9 Å². The summed E-state index contributed by atoms with van der Waals surface area (Å²) in [5.74, 6) is 0.855. The number of sulfonamides is 1. The van der Waals surface area contributed by atoms with Crippen molar-refractivity contribution >= 4 is 27.6 Å². The van der Waals surface area contributed by atoms with Gasteiger partial charge in [0.25, 0.3) is 5.91 Å². The number of terminal acetylenes is 1. The molecule has 1 amide bonds. The Kier molecular flexibility index (Phi) is 7.53. The van der Waals surface area contributed by atoms with Crippen LogP contribution in [0.2, 0.25) is 0 Å². The van der Waals surface area contributed by atoms with E-state index in [4.69, 9.17) is 11.2 Å². The van der Waals surface area contributed by atoms with E-state index in [1.807, 2.05) is 19.1 Å². The van der Waals surface area contributed by atoms with Crippen LogP contribution in [0.5, 0.6) is 0 Å². The highest BCUT2D eigenvalue weighted by atomic mass is 32.2. The average Bonchev–Trinajstić information content (AvgIpc) is 2.72. The number of hydrogen-bond acceptors (Lipinski definition) is 5. The molecule has 7 nitrogen and oxygen atoms in total. The zero-order valence-corrected chi connectivity index (χ0v) is 17.0. The van der Waals surface area contributed by atoms with Gasteiger partial charge in [-0.05, 0) is 49.2 Å². The lowest BCUT2D eigenvalue weighted by Crippen LogP contribution is -2.30. The van der Waals surface area contributed by atoms with Crippen LogP contribution in [0.15, 0.2) is 53.4 Å². The quantitative estimate of drug-likeness (QED) is 0.510. The van der Waals surface area contributed by atoms with Crippen LogP contribution in [0, 0.1) is 12.3 Å². The molecule has 0 bridgehead atoms. The largest absolute Gasteiger partial charge is 0.449 e. The van der Waals surface area contributed by atoms with Crippen LogP contribution in [-0.2, 0) is 26.0 Å². The average molecular weight is 414 g/mol. The van der Waals surface area contributed by atoms with E-state index in [0.29, 0.717) is 5.69 Å². The van der Waals surface area contributed by atoms with Crippen LogP contribution in [0.1, 0.15) is 29.8 Å². The van der Waals surface area contributed by atoms with Crippen LogP contribution in [-0.4, -0.2) is 32.9 Å². The van der Waals surface area contributed by atoms with Gasteiger partial charge in [0.1, 0.15) is 0 Å². The Balaban J connectivity index is 2.04. The molecule has 0 aliphatic heterocycles. The zero-order chi connectivity index (χ0) is 21.4. The van der Waals surface area contributed by atoms with E-state index >= 15 is 0 Å². The van der Waals surface area contributed by atoms with Crippen molar-refractivity contribution < 1.29 is 22.7 Å². The Morgan fingerprint density at radius 2 is 1.86 bits per heavy atom. The van der Waals surface area contributed by atoms with Crippen molar-refractivity contribution in [1.29, 1.82) is 0 Å². The van der Waals surface area contributed by atoms with Gasteiger partial charge in [-0.1, -0.05) is 31.0 Å². The SMILES string of the molecule is C#CCNS(=O)(=O)c1cccc(C(=O)OC(C)C(=O)Nc2ccc(CC)cc2)c1. The van der Waals surface area contributed by atoms with Crippen molar-refractivity contribution in [3.63, 3.8) is 0 Å². The fourth-order valence-corrected chi connectivity index (χ4v) is 3.34. The van der Waals surface area contributed by atoms with E-state index in [2.05, 4.69) is 16.0 Å². The molecule has 0 saturated carbocycles. The molecule has 1 unspecified atom stereocenters. The molecule has 0 aromatic heterocycles. The molecular formula is C21H22N2O5S. The summed E-state index contributed by atoms with van der Waals surface area (Å²) in [6.45, 7) is 3.29. The summed E-state index contributed by atoms with van der Waals surface area (Å²) in [5, 5.41) is 2.67. The number of esters is 1. The molecule has 0 saturated heterocycles. The third-order valence-electron chi connectivity index (χ3n) is 4.03. The van der Waals surface area contributed by atoms with E-state index in [1.54, 1.807) is 12.1 Å². The van der Waals surface area contributed by atoms with E-state index in [1.165, 1.54) is 25.1 Å². The Morgan fingerprint density at radius 3 is 2.48 bits per heavy atom. The molecule has 0 aliphatic carbocycles. The summed E-state index contributed by atoms with van der Waals surface area (Å²) < 4.78 is 31.6. The molecule has 0 aliphatic rings.